The monoisotopic (exact) mass is 527 g/mol. The minimum Gasteiger partial charge on any atom is -0.447 e. The Morgan fingerprint density at radius 3 is 2.55 bits per heavy atom. The molecule has 2 N–H and O–H groups in total. The third-order valence-corrected chi connectivity index (χ3v) is 7.57. The molecule has 0 aromatic carbocycles. The summed E-state index contributed by atoms with van der Waals surface area (Å²) in [5.41, 5.74) is 6.32. The van der Waals surface area contributed by atoms with E-state index in [9.17, 15) is 14.4 Å². The van der Waals surface area contributed by atoms with Crippen molar-refractivity contribution >= 4 is 23.2 Å². The fourth-order valence-corrected chi connectivity index (χ4v) is 5.52. The van der Waals surface area contributed by atoms with Crippen LogP contribution in [0.15, 0.2) is 9.59 Å². The van der Waals surface area contributed by atoms with Crippen LogP contribution in [0, 0.1) is 17.8 Å². The number of hydrogen-bond donors (Lipinski definition) is 1. The number of rotatable bonds is 7. The molecule has 1 amide bonds. The highest BCUT2D eigenvalue weighted by atomic mass is 16.6. The lowest BCUT2D eigenvalue weighted by Gasteiger charge is -2.31. The number of ether oxygens (including phenoxy) is 1. The quantitative estimate of drug-likeness (QED) is 0.546. The fourth-order valence-electron chi connectivity index (χ4n) is 5.52. The fraction of sp³-hybridized carbons (Fsp3) is 0.704. The van der Waals surface area contributed by atoms with Crippen molar-refractivity contribution in [1.29, 1.82) is 0 Å². The van der Waals surface area contributed by atoms with Gasteiger partial charge in [-0.2, -0.15) is 4.98 Å². The van der Waals surface area contributed by atoms with Crippen LogP contribution in [0.4, 0.5) is 10.7 Å². The zero-order chi connectivity index (χ0) is 27.4. The smallest absolute Gasteiger partial charge is 0.410 e. The van der Waals surface area contributed by atoms with Gasteiger partial charge in [-0.25, -0.2) is 9.59 Å². The van der Waals surface area contributed by atoms with Crippen molar-refractivity contribution in [2.75, 3.05) is 31.1 Å². The van der Waals surface area contributed by atoms with Crippen LogP contribution in [-0.2, 0) is 24.9 Å². The molecule has 2 fully saturated rings. The molecule has 0 spiro atoms. The molecular formula is C27H41N7O4. The van der Waals surface area contributed by atoms with Gasteiger partial charge in [0.2, 0.25) is 5.95 Å². The Labute approximate surface area is 223 Å². The van der Waals surface area contributed by atoms with E-state index in [4.69, 9.17) is 15.5 Å². The number of imidazole rings is 1. The minimum absolute atomic E-state index is 0.0440. The summed E-state index contributed by atoms with van der Waals surface area (Å²) in [6.07, 6.45) is 4.90. The number of aromatic nitrogens is 4. The number of aryl methyl sites for hydroxylation is 1. The van der Waals surface area contributed by atoms with E-state index in [1.165, 1.54) is 9.13 Å². The number of hydrogen-bond acceptors (Lipinski definition) is 7. The van der Waals surface area contributed by atoms with Gasteiger partial charge < -0.3 is 20.3 Å². The van der Waals surface area contributed by atoms with Crippen molar-refractivity contribution in [3.8, 4) is 11.8 Å². The summed E-state index contributed by atoms with van der Waals surface area (Å²) in [7, 11) is 1.67. The molecule has 38 heavy (non-hydrogen) atoms. The molecule has 0 radical (unpaired) electrons. The average Bonchev–Trinajstić information content (AvgIpc) is 3.28. The Morgan fingerprint density at radius 2 is 1.89 bits per heavy atom. The minimum atomic E-state index is -0.359. The van der Waals surface area contributed by atoms with Crippen LogP contribution in [0.1, 0.15) is 59.3 Å². The van der Waals surface area contributed by atoms with Gasteiger partial charge in [0, 0.05) is 45.8 Å². The lowest BCUT2D eigenvalue weighted by molar-refractivity contribution is 0.0645. The molecular weight excluding hydrogens is 486 g/mol. The number of carbonyl (C=O) groups is 1. The van der Waals surface area contributed by atoms with E-state index < -0.39 is 0 Å². The maximum atomic E-state index is 13.7. The second-order valence-corrected chi connectivity index (χ2v) is 10.7. The molecule has 2 aromatic heterocycles. The molecule has 2 aromatic rings. The number of piperidine rings is 2. The molecule has 11 heteroatoms. The van der Waals surface area contributed by atoms with Crippen molar-refractivity contribution < 1.29 is 9.53 Å². The molecule has 4 rings (SSSR count). The zero-order valence-corrected chi connectivity index (χ0v) is 23.1. The number of amides is 1. The Morgan fingerprint density at radius 1 is 1.16 bits per heavy atom. The summed E-state index contributed by atoms with van der Waals surface area (Å²) >= 11 is 0. The Bertz CT molecular complexity index is 1320. The van der Waals surface area contributed by atoms with E-state index >= 15 is 0 Å². The van der Waals surface area contributed by atoms with Crippen molar-refractivity contribution in [2.45, 2.75) is 84.5 Å². The molecule has 0 unspecified atom stereocenters. The van der Waals surface area contributed by atoms with Crippen LogP contribution in [0.5, 0.6) is 0 Å². The Balaban J connectivity index is 1.52. The highest BCUT2D eigenvalue weighted by Gasteiger charge is 2.27. The molecule has 208 valence electrons. The number of fused-ring (bicyclic) bond motifs is 1. The topological polar surface area (TPSA) is 121 Å². The highest BCUT2D eigenvalue weighted by Crippen LogP contribution is 2.24. The van der Waals surface area contributed by atoms with Crippen LogP contribution in [0.2, 0.25) is 0 Å². The second-order valence-electron chi connectivity index (χ2n) is 10.7. The molecule has 0 bridgehead atoms. The summed E-state index contributed by atoms with van der Waals surface area (Å²) in [4.78, 5) is 47.6. The largest absolute Gasteiger partial charge is 0.447 e. The van der Waals surface area contributed by atoms with Gasteiger partial charge in [0.05, 0.1) is 12.6 Å². The molecule has 4 heterocycles. The van der Waals surface area contributed by atoms with E-state index in [0.29, 0.717) is 62.2 Å². The van der Waals surface area contributed by atoms with Crippen LogP contribution in [0.3, 0.4) is 0 Å². The Kier molecular flexibility index (Phi) is 8.82. The van der Waals surface area contributed by atoms with E-state index in [2.05, 4.69) is 16.7 Å². The summed E-state index contributed by atoms with van der Waals surface area (Å²) < 4.78 is 9.95. The number of likely N-dealkylation sites (tertiary alicyclic amines) is 1. The molecule has 1 atom stereocenters. The van der Waals surface area contributed by atoms with Gasteiger partial charge in [-0.3, -0.25) is 18.5 Å². The molecule has 2 saturated heterocycles. The predicted octanol–water partition coefficient (Wildman–Crippen LogP) is 1.88. The van der Waals surface area contributed by atoms with Crippen molar-refractivity contribution in [3.05, 3.63) is 20.8 Å². The number of carbonyl (C=O) groups excluding carboxylic acids is 1. The van der Waals surface area contributed by atoms with Crippen LogP contribution in [-0.4, -0.2) is 68.0 Å². The van der Waals surface area contributed by atoms with Crippen LogP contribution < -0.4 is 21.9 Å². The van der Waals surface area contributed by atoms with Gasteiger partial charge in [-0.15, -0.1) is 5.92 Å². The van der Waals surface area contributed by atoms with E-state index in [1.54, 1.807) is 18.9 Å². The lowest BCUT2D eigenvalue weighted by Crippen LogP contribution is -2.44. The SMILES string of the molecule is CC#CCn1c(N2CCC[C@@H](N)C2)nc2c1c(=O)n(CCCC1CCN(C(=O)OC(C)C)CC1)c(=O)n2C. The van der Waals surface area contributed by atoms with Gasteiger partial charge in [0.25, 0.3) is 5.56 Å². The number of nitrogens with zero attached hydrogens (tertiary/aromatic N) is 6. The maximum absolute atomic E-state index is 13.7. The predicted molar refractivity (Wildman–Crippen MR) is 147 cm³/mol. The van der Waals surface area contributed by atoms with Gasteiger partial charge >= 0.3 is 11.8 Å². The normalized spacial score (nSPS) is 18.6. The third kappa shape index (κ3) is 5.90. The van der Waals surface area contributed by atoms with Crippen LogP contribution >= 0.6 is 0 Å². The summed E-state index contributed by atoms with van der Waals surface area (Å²) in [5, 5.41) is 0. The van der Waals surface area contributed by atoms with E-state index in [0.717, 1.165) is 38.6 Å². The Hall–Kier alpha value is -3.26. The first-order valence-electron chi connectivity index (χ1n) is 13.8. The van der Waals surface area contributed by atoms with Crippen molar-refractivity contribution in [3.63, 3.8) is 0 Å². The molecule has 2 aliphatic heterocycles. The third-order valence-electron chi connectivity index (χ3n) is 7.57. The summed E-state index contributed by atoms with van der Waals surface area (Å²) in [5.74, 6) is 7.06. The van der Waals surface area contributed by atoms with Gasteiger partial charge in [0.15, 0.2) is 11.2 Å². The molecule has 0 aliphatic carbocycles. The van der Waals surface area contributed by atoms with Crippen molar-refractivity contribution in [1.82, 2.24) is 23.6 Å². The second kappa shape index (κ2) is 12.1. The van der Waals surface area contributed by atoms with Crippen LogP contribution in [0.25, 0.3) is 11.2 Å². The van der Waals surface area contributed by atoms with Gasteiger partial charge in [-0.05, 0) is 65.2 Å². The molecule has 11 nitrogen and oxygen atoms in total. The lowest BCUT2D eigenvalue weighted by atomic mass is 9.92. The maximum Gasteiger partial charge on any atom is 0.410 e. The van der Waals surface area contributed by atoms with E-state index in [1.807, 2.05) is 18.4 Å². The first-order valence-corrected chi connectivity index (χ1v) is 13.8. The first-order chi connectivity index (χ1) is 18.2. The average molecular weight is 528 g/mol. The summed E-state index contributed by atoms with van der Waals surface area (Å²) in [6.45, 7) is 8.91. The van der Waals surface area contributed by atoms with E-state index in [-0.39, 0.29) is 29.5 Å². The van der Waals surface area contributed by atoms with Crippen molar-refractivity contribution in [2.24, 2.45) is 18.7 Å². The number of anilines is 1. The van der Waals surface area contributed by atoms with Gasteiger partial charge in [-0.1, -0.05) is 5.92 Å². The van der Waals surface area contributed by atoms with Gasteiger partial charge in [0.1, 0.15) is 0 Å². The zero-order valence-electron chi connectivity index (χ0n) is 23.1. The number of nitrogens with two attached hydrogens (primary N) is 1. The first kappa shape index (κ1) is 27.8. The summed E-state index contributed by atoms with van der Waals surface area (Å²) in [6, 6.07) is 0.0440. The highest BCUT2D eigenvalue weighted by molar-refractivity contribution is 5.75. The molecule has 2 aliphatic rings. The standard InChI is InChI=1S/C27H41N7O4/c1-5-6-14-33-22-23(29-25(33)32-13-8-10-21(28)18-32)30(4)26(36)34(24(22)35)15-7-9-20-11-16-31(17-12-20)27(37)38-19(2)3/h19-21H,7-18,28H2,1-4H3/t21-/m1/s1. The molecule has 0 saturated carbocycles.